The SMILES string of the molecule is COc1cc(C(=O)N[C@@H](C)C(=O)O[C@H]2CC(=O)N(C)c3cc(cc(OC)c3Cl)C/C(C)=C/C=C/[C@@H](OC)[C@@]3(C)C[C@H](OC(=O)N3)[C@@H](C)[C@@H]3O[C@@]23C)ccc1NC(=O)[C@H](CCCNC(N)=O)NC(=O)[C@@H](NC(=O)CCCCCN1C(=O)C=CC1=O)C(C)C. The van der Waals surface area contributed by atoms with E-state index in [1.165, 1.54) is 56.4 Å². The maximum atomic E-state index is 14.5. The summed E-state index contributed by atoms with van der Waals surface area (Å²) in [5.41, 5.74) is 5.19. The molecule has 4 heterocycles. The number of esters is 1. The third kappa shape index (κ3) is 17.6. The molecule has 0 unspecified atom stereocenters. The zero-order valence-corrected chi connectivity index (χ0v) is 51.9. The molecule has 25 nitrogen and oxygen atoms in total. The number of benzene rings is 2. The van der Waals surface area contributed by atoms with Gasteiger partial charge in [-0.05, 0) is 102 Å². The summed E-state index contributed by atoms with van der Waals surface area (Å²) in [6.07, 6.45) is 6.21. The summed E-state index contributed by atoms with van der Waals surface area (Å²) >= 11 is 6.86. The molecule has 10 amide bonds. The number of nitrogens with two attached hydrogens (primary N) is 1. The monoisotopic (exact) mass is 1230 g/mol. The van der Waals surface area contributed by atoms with E-state index in [0.29, 0.717) is 43.5 Å². The van der Waals surface area contributed by atoms with Crippen LogP contribution < -0.4 is 52.0 Å². The van der Waals surface area contributed by atoms with Crippen LogP contribution >= 0.6 is 11.6 Å². The number of methoxy groups -OCH3 is 3. The standard InChI is InChI=1S/C61H82ClN9O16/c1-33(2)52(68-47(72)20-13-12-14-26-71-48(73)23-24-49(71)74)56(78)67-40(18-16-25-64-58(63)80)55(77)66-39-22-21-38(30-42(39)82-9)54(76)65-36(5)57(79)86-46-31-50(75)70(8)41-28-37(29-43(83-10)51(41)62)27-34(3)17-15-19-45(84-11)60(6)32-44(85-59(81)69-60)35(4)53-61(46,7)87-53/h15,17,19,21-24,28-30,33,35-36,40,44-46,52-53H,12-14,16,18,20,25-27,31-32H2,1-11H3,(H,65,76)(H,66,77)(H,67,78)(H,68,72)(H,69,81)(H3,63,64,80)/b19-15+,34-17+/t35-,36+,40+,44+,45-,46+,52+,53+,60-,61+/m1/s1. The number of amides is 10. The van der Waals surface area contributed by atoms with Gasteiger partial charge in [-0.3, -0.25) is 38.5 Å². The number of nitrogens with zero attached hydrogens (tertiary/aromatic N) is 2. The fourth-order valence-electron chi connectivity index (χ4n) is 10.8. The Morgan fingerprint density at radius 3 is 2.25 bits per heavy atom. The van der Waals surface area contributed by atoms with Gasteiger partial charge in [0.1, 0.15) is 52.5 Å². The van der Waals surface area contributed by atoms with Gasteiger partial charge in [0, 0.05) is 63.7 Å². The fourth-order valence-corrected chi connectivity index (χ4v) is 11.2. The summed E-state index contributed by atoms with van der Waals surface area (Å²) in [6, 6.07) is 3.26. The molecule has 0 spiro atoms. The molecule has 2 aromatic rings. The van der Waals surface area contributed by atoms with E-state index >= 15 is 0 Å². The van der Waals surface area contributed by atoms with Crippen LogP contribution in [-0.4, -0.2) is 159 Å². The van der Waals surface area contributed by atoms with E-state index in [1.54, 1.807) is 47.1 Å². The zero-order chi connectivity index (χ0) is 64.1. The third-order valence-corrected chi connectivity index (χ3v) is 16.4. The number of hydrogen-bond acceptors (Lipinski definition) is 16. The predicted molar refractivity (Wildman–Crippen MR) is 321 cm³/mol. The lowest BCUT2D eigenvalue weighted by molar-refractivity contribution is -0.155. The summed E-state index contributed by atoms with van der Waals surface area (Å²) in [5.74, 6) is -5.28. The van der Waals surface area contributed by atoms with E-state index in [4.69, 9.17) is 45.8 Å². The lowest BCUT2D eigenvalue weighted by atomic mass is 9.80. The quantitative estimate of drug-likeness (QED) is 0.0331. The number of rotatable bonds is 23. The third-order valence-electron chi connectivity index (χ3n) is 16.0. The Morgan fingerprint density at radius 1 is 0.897 bits per heavy atom. The van der Waals surface area contributed by atoms with Crippen molar-refractivity contribution in [1.82, 2.24) is 31.5 Å². The summed E-state index contributed by atoms with van der Waals surface area (Å²) in [4.78, 5) is 135. The summed E-state index contributed by atoms with van der Waals surface area (Å²) in [5, 5.41) is 16.4. The van der Waals surface area contributed by atoms with Crippen LogP contribution in [0.25, 0.3) is 0 Å². The number of unbranched alkanes of at least 4 members (excludes halogenated alkanes) is 2. The van der Waals surface area contributed by atoms with Gasteiger partial charge in [0.2, 0.25) is 23.6 Å². The number of anilines is 2. The van der Waals surface area contributed by atoms with Crippen molar-refractivity contribution in [3.63, 3.8) is 0 Å². The molecule has 2 fully saturated rings. The molecule has 474 valence electrons. The number of primary amides is 1. The van der Waals surface area contributed by atoms with Crippen molar-refractivity contribution in [1.29, 1.82) is 0 Å². The number of fused-ring (bicyclic) bond motifs is 5. The molecule has 0 aliphatic carbocycles. The lowest BCUT2D eigenvalue weighted by Gasteiger charge is -2.43. The molecule has 8 N–H and O–H groups in total. The van der Waals surface area contributed by atoms with Crippen molar-refractivity contribution >= 4 is 82.4 Å². The molecule has 0 radical (unpaired) electrons. The molecule has 6 rings (SSSR count). The molecular formula is C61H82ClN9O16. The summed E-state index contributed by atoms with van der Waals surface area (Å²) in [7, 11) is 5.86. The maximum Gasteiger partial charge on any atom is 0.407 e. The minimum absolute atomic E-state index is 0.00141. The highest BCUT2D eigenvalue weighted by Crippen LogP contribution is 2.49. The van der Waals surface area contributed by atoms with Crippen LogP contribution in [0.1, 0.15) is 116 Å². The number of epoxide rings is 1. The van der Waals surface area contributed by atoms with E-state index < -0.39 is 120 Å². The van der Waals surface area contributed by atoms with Gasteiger partial charge in [0.25, 0.3) is 17.7 Å². The minimum atomic E-state index is -1.32. The van der Waals surface area contributed by atoms with Gasteiger partial charge in [0.15, 0.2) is 0 Å². The Balaban J connectivity index is 1.16. The van der Waals surface area contributed by atoms with Crippen LogP contribution in [0.3, 0.4) is 0 Å². The molecule has 2 saturated heterocycles. The second kappa shape index (κ2) is 30.1. The van der Waals surface area contributed by atoms with Gasteiger partial charge < -0.3 is 71.0 Å². The number of imide groups is 1. The highest BCUT2D eigenvalue weighted by atomic mass is 35.5. The normalized spacial score (nSPS) is 24.8. The first-order valence-electron chi connectivity index (χ1n) is 29.0. The summed E-state index contributed by atoms with van der Waals surface area (Å²) in [6.45, 7) is 12.5. The molecule has 10 atom stereocenters. The number of halogens is 1. The van der Waals surface area contributed by atoms with Crippen molar-refractivity contribution in [2.45, 2.75) is 160 Å². The second-order valence-corrected chi connectivity index (χ2v) is 23.4. The average molecular weight is 1230 g/mol. The van der Waals surface area contributed by atoms with E-state index in [1.807, 2.05) is 39.0 Å². The number of carbonyl (C=O) groups excluding carboxylic acids is 10. The summed E-state index contributed by atoms with van der Waals surface area (Å²) < 4.78 is 35.6. The van der Waals surface area contributed by atoms with Crippen LogP contribution in [0.5, 0.6) is 11.5 Å². The lowest BCUT2D eigenvalue weighted by Crippen LogP contribution is -2.61. The van der Waals surface area contributed by atoms with Gasteiger partial charge >= 0.3 is 18.1 Å². The van der Waals surface area contributed by atoms with Gasteiger partial charge in [0.05, 0.1) is 49.8 Å². The van der Waals surface area contributed by atoms with E-state index in [2.05, 4.69) is 31.9 Å². The number of nitrogens with one attached hydrogen (secondary N) is 6. The zero-order valence-electron chi connectivity index (χ0n) is 51.1. The second-order valence-electron chi connectivity index (χ2n) is 23.1. The smallest absolute Gasteiger partial charge is 0.407 e. The molecular weight excluding hydrogens is 1150 g/mol. The Morgan fingerprint density at radius 2 is 1.60 bits per heavy atom. The Labute approximate surface area is 511 Å². The first kappa shape index (κ1) is 68.1. The number of alkyl carbamates (subject to hydrolysis) is 1. The van der Waals surface area contributed by atoms with Crippen LogP contribution in [0.15, 0.2) is 66.3 Å². The molecule has 0 saturated carbocycles. The van der Waals surface area contributed by atoms with Gasteiger partial charge in [-0.2, -0.15) is 0 Å². The number of hydrogen-bond donors (Lipinski definition) is 7. The topological polar surface area (TPSA) is 334 Å². The van der Waals surface area contributed by atoms with Crippen LogP contribution in [0.2, 0.25) is 5.02 Å². The first-order chi connectivity index (χ1) is 41.1. The fraction of sp³-hybridized carbons (Fsp3) is 0.541. The molecule has 87 heavy (non-hydrogen) atoms. The number of ether oxygens (including phenoxy) is 6. The molecule has 0 aromatic heterocycles. The Hall–Kier alpha value is -8.03. The van der Waals surface area contributed by atoms with Crippen LogP contribution in [0.4, 0.5) is 21.0 Å². The van der Waals surface area contributed by atoms with Crippen molar-refractivity contribution in [2.24, 2.45) is 17.6 Å². The Bertz CT molecular complexity index is 3030. The molecule has 4 aliphatic rings. The predicted octanol–water partition coefficient (Wildman–Crippen LogP) is 5.06. The van der Waals surface area contributed by atoms with Gasteiger partial charge in [-0.1, -0.05) is 62.6 Å². The maximum absolute atomic E-state index is 14.5. The van der Waals surface area contributed by atoms with Crippen molar-refractivity contribution in [3.05, 3.63) is 82.4 Å². The number of carbonyl (C=O) groups is 10. The largest absolute Gasteiger partial charge is 0.495 e. The number of urea groups is 1. The van der Waals surface area contributed by atoms with Crippen molar-refractivity contribution < 1.29 is 76.4 Å². The molecule has 4 aliphatic heterocycles. The number of allylic oxidation sites excluding steroid dienone is 3. The van der Waals surface area contributed by atoms with E-state index in [9.17, 15) is 47.9 Å². The van der Waals surface area contributed by atoms with E-state index in [0.717, 1.165) is 16.0 Å². The van der Waals surface area contributed by atoms with Crippen molar-refractivity contribution in [3.8, 4) is 11.5 Å². The molecule has 4 bridgehead atoms. The highest BCUT2D eigenvalue weighted by Gasteiger charge is 2.64. The van der Waals surface area contributed by atoms with Crippen molar-refractivity contribution in [2.75, 3.05) is 51.7 Å². The molecule has 26 heteroatoms. The van der Waals surface area contributed by atoms with Crippen LogP contribution in [-0.2, 0) is 58.9 Å². The van der Waals surface area contributed by atoms with E-state index in [-0.39, 0.29) is 66.2 Å². The average Bonchev–Trinajstić information content (AvgIpc) is 1.87. The Kier molecular flexibility index (Phi) is 23.5. The minimum Gasteiger partial charge on any atom is -0.495 e. The van der Waals surface area contributed by atoms with Crippen LogP contribution in [0, 0.1) is 11.8 Å². The highest BCUT2D eigenvalue weighted by molar-refractivity contribution is 6.35. The van der Waals surface area contributed by atoms with Gasteiger partial charge in [-0.25, -0.2) is 14.4 Å². The van der Waals surface area contributed by atoms with Gasteiger partial charge in [-0.15, -0.1) is 0 Å². The molecule has 2 aromatic carbocycles. The first-order valence-corrected chi connectivity index (χ1v) is 29.3.